The van der Waals surface area contributed by atoms with Crippen molar-refractivity contribution in [2.75, 3.05) is 5.75 Å². The molecule has 2 aromatic carbocycles. The van der Waals surface area contributed by atoms with Crippen molar-refractivity contribution in [1.29, 1.82) is 0 Å². The lowest BCUT2D eigenvalue weighted by molar-refractivity contribution is -0.118. The Kier molecular flexibility index (Phi) is 6.53. The molecule has 0 unspecified atom stereocenters. The minimum Gasteiger partial charge on any atom is -0.351 e. The smallest absolute Gasteiger partial charge is 0.262 e. The van der Waals surface area contributed by atoms with E-state index in [0.29, 0.717) is 34.2 Å². The van der Waals surface area contributed by atoms with E-state index < -0.39 is 0 Å². The fourth-order valence-corrected chi connectivity index (χ4v) is 3.64. The Morgan fingerprint density at radius 1 is 1.19 bits per heavy atom. The lowest BCUT2D eigenvalue weighted by atomic mass is 10.2. The number of carbonyl (C=O) groups excluding carboxylic acids is 1. The summed E-state index contributed by atoms with van der Waals surface area (Å²) in [5, 5.41) is 4.71. The Morgan fingerprint density at radius 3 is 2.67 bits per heavy atom. The summed E-state index contributed by atoms with van der Waals surface area (Å²) >= 11 is 7.14. The summed E-state index contributed by atoms with van der Waals surface area (Å²) in [6.45, 7) is 3.02. The van der Waals surface area contributed by atoms with Crippen molar-refractivity contribution < 1.29 is 4.79 Å². The number of thioether (sulfide) groups is 1. The van der Waals surface area contributed by atoms with E-state index >= 15 is 0 Å². The third-order valence-corrected chi connectivity index (χ3v) is 5.24. The van der Waals surface area contributed by atoms with Crippen molar-refractivity contribution in [3.63, 3.8) is 0 Å². The van der Waals surface area contributed by atoms with Crippen molar-refractivity contribution in [3.8, 4) is 0 Å². The van der Waals surface area contributed by atoms with Crippen LogP contribution in [0.15, 0.2) is 58.5 Å². The number of para-hydroxylation sites is 1. The molecule has 3 aromatic rings. The molecule has 1 heterocycles. The Morgan fingerprint density at radius 2 is 1.93 bits per heavy atom. The van der Waals surface area contributed by atoms with Gasteiger partial charge in [-0.2, -0.15) is 0 Å². The van der Waals surface area contributed by atoms with Gasteiger partial charge in [0.15, 0.2) is 5.16 Å². The number of nitrogens with zero attached hydrogens (tertiary/aromatic N) is 2. The largest absolute Gasteiger partial charge is 0.351 e. The average Bonchev–Trinajstić information content (AvgIpc) is 2.68. The number of hydrogen-bond acceptors (Lipinski definition) is 4. The fourth-order valence-electron chi connectivity index (χ4n) is 2.66. The Bertz CT molecular complexity index is 1000. The molecule has 0 saturated heterocycles. The van der Waals surface area contributed by atoms with Gasteiger partial charge in [-0.1, -0.05) is 54.6 Å². The number of rotatable bonds is 7. The van der Waals surface area contributed by atoms with Crippen LogP contribution in [0.5, 0.6) is 0 Å². The lowest BCUT2D eigenvalue weighted by Gasteiger charge is -2.12. The van der Waals surface area contributed by atoms with Gasteiger partial charge in [-0.15, -0.1) is 0 Å². The molecule has 3 rings (SSSR count). The number of amides is 1. The van der Waals surface area contributed by atoms with Gasteiger partial charge in [-0.05, 0) is 36.2 Å². The first-order valence-corrected chi connectivity index (χ1v) is 10.1. The van der Waals surface area contributed by atoms with E-state index in [0.717, 1.165) is 12.0 Å². The number of benzene rings is 2. The maximum atomic E-state index is 12.7. The summed E-state index contributed by atoms with van der Waals surface area (Å²) in [6, 6.07) is 14.6. The van der Waals surface area contributed by atoms with Gasteiger partial charge in [0, 0.05) is 18.1 Å². The van der Waals surface area contributed by atoms with Crippen molar-refractivity contribution >= 4 is 40.2 Å². The van der Waals surface area contributed by atoms with Crippen LogP contribution in [0.4, 0.5) is 0 Å². The van der Waals surface area contributed by atoms with Crippen LogP contribution in [0.3, 0.4) is 0 Å². The van der Waals surface area contributed by atoms with Gasteiger partial charge in [-0.25, -0.2) is 4.98 Å². The van der Waals surface area contributed by atoms with Gasteiger partial charge in [0.25, 0.3) is 5.56 Å². The first-order chi connectivity index (χ1) is 13.1. The van der Waals surface area contributed by atoms with E-state index in [9.17, 15) is 9.59 Å². The first kappa shape index (κ1) is 19.5. The van der Waals surface area contributed by atoms with E-state index in [1.165, 1.54) is 11.8 Å². The number of carbonyl (C=O) groups is 1. The zero-order valence-corrected chi connectivity index (χ0v) is 16.5. The molecule has 0 spiro atoms. The maximum Gasteiger partial charge on any atom is 0.262 e. The van der Waals surface area contributed by atoms with Crippen molar-refractivity contribution in [1.82, 2.24) is 14.9 Å². The average molecular weight is 402 g/mol. The Balaban J connectivity index is 1.70. The van der Waals surface area contributed by atoms with Crippen LogP contribution < -0.4 is 10.9 Å². The van der Waals surface area contributed by atoms with Gasteiger partial charge in [0.2, 0.25) is 5.91 Å². The zero-order valence-electron chi connectivity index (χ0n) is 14.9. The van der Waals surface area contributed by atoms with Crippen LogP contribution in [0.1, 0.15) is 18.9 Å². The van der Waals surface area contributed by atoms with E-state index in [2.05, 4.69) is 10.3 Å². The number of aromatic nitrogens is 2. The molecule has 0 aliphatic carbocycles. The summed E-state index contributed by atoms with van der Waals surface area (Å²) in [4.78, 5) is 29.5. The highest BCUT2D eigenvalue weighted by atomic mass is 35.5. The second kappa shape index (κ2) is 9.06. The van der Waals surface area contributed by atoms with Crippen LogP contribution in [0.25, 0.3) is 10.9 Å². The third-order valence-electron chi connectivity index (χ3n) is 4.01. The second-order valence-electron chi connectivity index (χ2n) is 6.06. The fraction of sp³-hybridized carbons (Fsp3) is 0.250. The standard InChI is InChI=1S/C20H20ClN3O2S/c1-2-11-24-19(26)16-5-3-4-6-17(16)23-20(24)27-13-18(25)22-12-14-7-9-15(21)10-8-14/h3-10H,2,11-13H2,1H3,(H,22,25). The maximum absolute atomic E-state index is 12.7. The topological polar surface area (TPSA) is 64.0 Å². The molecule has 0 bridgehead atoms. The van der Waals surface area contributed by atoms with E-state index in [-0.39, 0.29) is 17.2 Å². The van der Waals surface area contributed by atoms with Crippen LogP contribution >= 0.6 is 23.4 Å². The molecule has 5 nitrogen and oxygen atoms in total. The minimum atomic E-state index is -0.111. The minimum absolute atomic E-state index is 0.0634. The van der Waals surface area contributed by atoms with Crippen molar-refractivity contribution in [3.05, 3.63) is 69.5 Å². The summed E-state index contributed by atoms with van der Waals surface area (Å²) in [7, 11) is 0. The van der Waals surface area contributed by atoms with Crippen molar-refractivity contribution in [2.24, 2.45) is 0 Å². The monoisotopic (exact) mass is 401 g/mol. The lowest BCUT2D eigenvalue weighted by Crippen LogP contribution is -2.26. The van der Waals surface area contributed by atoms with Crippen LogP contribution in [-0.2, 0) is 17.9 Å². The summed E-state index contributed by atoms with van der Waals surface area (Å²) in [5.74, 6) is 0.0858. The quantitative estimate of drug-likeness (QED) is 0.482. The molecular formula is C20H20ClN3O2S. The molecule has 1 aromatic heterocycles. The molecule has 140 valence electrons. The normalized spacial score (nSPS) is 10.9. The highest BCUT2D eigenvalue weighted by Gasteiger charge is 2.12. The Labute approximate surface area is 166 Å². The summed E-state index contributed by atoms with van der Waals surface area (Å²) < 4.78 is 1.65. The molecule has 27 heavy (non-hydrogen) atoms. The molecule has 0 saturated carbocycles. The molecule has 1 N–H and O–H groups in total. The van der Waals surface area contributed by atoms with Gasteiger partial charge < -0.3 is 5.32 Å². The molecule has 7 heteroatoms. The van der Waals surface area contributed by atoms with E-state index in [4.69, 9.17) is 11.6 Å². The number of hydrogen-bond donors (Lipinski definition) is 1. The van der Waals surface area contributed by atoms with Gasteiger partial charge in [0.1, 0.15) is 0 Å². The molecule has 0 aliphatic heterocycles. The first-order valence-electron chi connectivity index (χ1n) is 8.72. The number of fused-ring (bicyclic) bond motifs is 1. The van der Waals surface area contributed by atoms with Gasteiger partial charge in [-0.3, -0.25) is 14.2 Å². The highest BCUT2D eigenvalue weighted by molar-refractivity contribution is 7.99. The van der Waals surface area contributed by atoms with E-state index in [1.54, 1.807) is 22.8 Å². The van der Waals surface area contributed by atoms with Crippen LogP contribution in [0, 0.1) is 0 Å². The molecule has 0 aliphatic rings. The van der Waals surface area contributed by atoms with E-state index in [1.807, 2.05) is 37.3 Å². The summed E-state index contributed by atoms with van der Waals surface area (Å²) in [5.41, 5.74) is 1.56. The molecule has 0 atom stereocenters. The summed E-state index contributed by atoms with van der Waals surface area (Å²) in [6.07, 6.45) is 0.816. The number of nitrogens with one attached hydrogen (secondary N) is 1. The number of halogens is 1. The second-order valence-corrected chi connectivity index (χ2v) is 7.44. The Hall–Kier alpha value is -2.31. The molecular weight excluding hydrogens is 382 g/mol. The predicted molar refractivity (Wildman–Crippen MR) is 110 cm³/mol. The zero-order chi connectivity index (χ0) is 19.2. The highest BCUT2D eigenvalue weighted by Crippen LogP contribution is 2.18. The molecule has 1 amide bonds. The van der Waals surface area contributed by atoms with Crippen LogP contribution in [0.2, 0.25) is 5.02 Å². The third kappa shape index (κ3) is 4.90. The van der Waals surface area contributed by atoms with Gasteiger partial charge in [0.05, 0.1) is 16.7 Å². The van der Waals surface area contributed by atoms with Crippen LogP contribution in [-0.4, -0.2) is 21.2 Å². The molecule has 0 fully saturated rings. The molecule has 0 radical (unpaired) electrons. The van der Waals surface area contributed by atoms with Crippen molar-refractivity contribution in [2.45, 2.75) is 31.6 Å². The SMILES string of the molecule is CCCn1c(SCC(=O)NCc2ccc(Cl)cc2)nc2ccccc2c1=O. The van der Waals surface area contributed by atoms with Gasteiger partial charge >= 0.3 is 0 Å². The predicted octanol–water partition coefficient (Wildman–Crippen LogP) is 3.87.